The standard InChI is InChI=1S/C16H25FN2O3Si/c1-16(2,3)23(4,5)22-13-7-14(19(10-13)15(20)21)11-6-12(17)9-18-8-11/h6,8-9,13-14H,7,10H2,1-5H3,(H,20,21)/t13-,14-/m1/s1. The first-order valence-electron chi connectivity index (χ1n) is 7.79. The van der Waals surface area contributed by atoms with Gasteiger partial charge in [0.1, 0.15) is 5.82 Å². The first kappa shape index (κ1) is 17.9. The zero-order valence-corrected chi connectivity index (χ0v) is 15.3. The van der Waals surface area contributed by atoms with Crippen LogP contribution in [0.2, 0.25) is 18.1 Å². The van der Waals surface area contributed by atoms with Crippen molar-refractivity contribution in [2.45, 2.75) is 57.5 Å². The molecule has 1 fully saturated rings. The quantitative estimate of drug-likeness (QED) is 0.844. The van der Waals surface area contributed by atoms with Crippen LogP contribution in [0.25, 0.3) is 0 Å². The van der Waals surface area contributed by atoms with Gasteiger partial charge in [0.25, 0.3) is 0 Å². The molecule has 2 heterocycles. The van der Waals surface area contributed by atoms with Crippen LogP contribution in [-0.2, 0) is 4.43 Å². The summed E-state index contributed by atoms with van der Waals surface area (Å²) >= 11 is 0. The number of rotatable bonds is 3. The number of hydrogen-bond donors (Lipinski definition) is 1. The summed E-state index contributed by atoms with van der Waals surface area (Å²) in [6.45, 7) is 11.1. The maximum atomic E-state index is 13.4. The highest BCUT2D eigenvalue weighted by atomic mass is 28.4. The average Bonchev–Trinajstić information content (AvgIpc) is 2.80. The largest absolute Gasteiger partial charge is 0.465 e. The summed E-state index contributed by atoms with van der Waals surface area (Å²) < 4.78 is 19.8. The van der Waals surface area contributed by atoms with E-state index in [2.05, 4.69) is 38.8 Å². The topological polar surface area (TPSA) is 62.7 Å². The van der Waals surface area contributed by atoms with E-state index in [0.717, 1.165) is 6.20 Å². The molecule has 0 aromatic carbocycles. The molecule has 1 amide bonds. The number of amides is 1. The molecule has 1 aromatic heterocycles. The minimum Gasteiger partial charge on any atom is -0.465 e. The van der Waals surface area contributed by atoms with E-state index in [-0.39, 0.29) is 11.1 Å². The molecular weight excluding hydrogens is 315 g/mol. The summed E-state index contributed by atoms with van der Waals surface area (Å²) in [5, 5.41) is 9.51. The van der Waals surface area contributed by atoms with Crippen molar-refractivity contribution in [2.24, 2.45) is 0 Å². The van der Waals surface area contributed by atoms with Gasteiger partial charge in [-0.2, -0.15) is 0 Å². The first-order chi connectivity index (χ1) is 10.5. The van der Waals surface area contributed by atoms with E-state index in [1.807, 2.05) is 0 Å². The molecule has 0 bridgehead atoms. The molecule has 2 atom stereocenters. The summed E-state index contributed by atoms with van der Waals surface area (Å²) in [6.07, 6.45) is 2.00. The molecule has 1 aliphatic rings. The molecule has 1 N–H and O–H groups in total. The van der Waals surface area contributed by atoms with Gasteiger partial charge in [-0.15, -0.1) is 0 Å². The van der Waals surface area contributed by atoms with Crippen LogP contribution in [0.15, 0.2) is 18.5 Å². The summed E-state index contributed by atoms with van der Waals surface area (Å²) in [5.41, 5.74) is 0.578. The molecule has 0 unspecified atom stereocenters. The third-order valence-electron chi connectivity index (χ3n) is 4.89. The van der Waals surface area contributed by atoms with E-state index in [0.29, 0.717) is 18.5 Å². The zero-order valence-electron chi connectivity index (χ0n) is 14.3. The van der Waals surface area contributed by atoms with E-state index in [1.165, 1.54) is 17.2 Å². The van der Waals surface area contributed by atoms with Crippen molar-refractivity contribution in [2.75, 3.05) is 6.54 Å². The molecule has 128 valence electrons. The maximum absolute atomic E-state index is 13.4. The molecule has 1 saturated heterocycles. The van der Waals surface area contributed by atoms with Gasteiger partial charge in [0.15, 0.2) is 8.32 Å². The molecule has 1 aliphatic heterocycles. The third kappa shape index (κ3) is 3.90. The van der Waals surface area contributed by atoms with Gasteiger partial charge in [0.2, 0.25) is 0 Å². The molecule has 5 nitrogen and oxygen atoms in total. The monoisotopic (exact) mass is 340 g/mol. The van der Waals surface area contributed by atoms with Gasteiger partial charge in [-0.25, -0.2) is 9.18 Å². The number of likely N-dealkylation sites (tertiary alicyclic amines) is 1. The van der Waals surface area contributed by atoms with Crippen molar-refractivity contribution in [3.63, 3.8) is 0 Å². The Hall–Kier alpha value is -1.47. The van der Waals surface area contributed by atoms with E-state index in [9.17, 15) is 14.3 Å². The number of aromatic nitrogens is 1. The van der Waals surface area contributed by atoms with Gasteiger partial charge in [-0.05, 0) is 36.2 Å². The van der Waals surface area contributed by atoms with Gasteiger partial charge >= 0.3 is 6.09 Å². The molecular formula is C16H25FN2O3Si. The molecule has 7 heteroatoms. The van der Waals surface area contributed by atoms with E-state index in [4.69, 9.17) is 4.43 Å². The Kier molecular flexibility index (Phi) is 4.82. The van der Waals surface area contributed by atoms with Crippen molar-refractivity contribution < 1.29 is 18.7 Å². The SMILES string of the molecule is CC(C)(C)[Si](C)(C)O[C@@H]1C[C@H](c2cncc(F)c2)N(C(=O)O)C1. The first-order valence-corrected chi connectivity index (χ1v) is 10.7. The lowest BCUT2D eigenvalue weighted by Gasteiger charge is -2.38. The van der Waals surface area contributed by atoms with Crippen LogP contribution in [0.1, 0.15) is 38.8 Å². The highest BCUT2D eigenvalue weighted by Crippen LogP contribution is 2.41. The smallest absolute Gasteiger partial charge is 0.407 e. The average molecular weight is 340 g/mol. The number of carbonyl (C=O) groups is 1. The second-order valence-electron chi connectivity index (χ2n) is 7.62. The minimum absolute atomic E-state index is 0.0551. The fraction of sp³-hybridized carbons (Fsp3) is 0.625. The Bertz CT molecular complexity index is 589. The lowest BCUT2D eigenvalue weighted by Crippen LogP contribution is -2.44. The van der Waals surface area contributed by atoms with Gasteiger partial charge in [0.05, 0.1) is 18.3 Å². The number of hydrogen-bond acceptors (Lipinski definition) is 3. The minimum atomic E-state index is -1.99. The maximum Gasteiger partial charge on any atom is 0.407 e. The number of halogens is 1. The van der Waals surface area contributed by atoms with Crippen molar-refractivity contribution in [1.82, 2.24) is 9.88 Å². The van der Waals surface area contributed by atoms with Crippen molar-refractivity contribution in [1.29, 1.82) is 0 Å². The van der Waals surface area contributed by atoms with Crippen molar-refractivity contribution in [3.8, 4) is 0 Å². The van der Waals surface area contributed by atoms with Crippen molar-refractivity contribution >= 4 is 14.4 Å². The van der Waals surface area contributed by atoms with Crippen LogP contribution in [0.3, 0.4) is 0 Å². The fourth-order valence-corrected chi connectivity index (χ4v) is 3.97. The zero-order chi connectivity index (χ0) is 17.4. The Labute approximate surface area is 137 Å². The molecule has 2 rings (SSSR count). The number of nitrogens with zero attached hydrogens (tertiary/aromatic N) is 2. The Morgan fingerprint density at radius 1 is 1.43 bits per heavy atom. The van der Waals surface area contributed by atoms with E-state index < -0.39 is 26.3 Å². The van der Waals surface area contributed by atoms with Crippen LogP contribution < -0.4 is 0 Å². The normalized spacial score (nSPS) is 22.4. The molecule has 0 spiro atoms. The fourth-order valence-electron chi connectivity index (χ4n) is 2.61. The Balaban J connectivity index is 2.20. The van der Waals surface area contributed by atoms with Crippen molar-refractivity contribution in [3.05, 3.63) is 29.8 Å². The lowest BCUT2D eigenvalue weighted by molar-refractivity contribution is 0.132. The van der Waals surface area contributed by atoms with Gasteiger partial charge in [-0.1, -0.05) is 20.8 Å². The molecule has 0 aliphatic carbocycles. The van der Waals surface area contributed by atoms with E-state index >= 15 is 0 Å². The Morgan fingerprint density at radius 2 is 2.09 bits per heavy atom. The second-order valence-corrected chi connectivity index (χ2v) is 12.4. The molecule has 23 heavy (non-hydrogen) atoms. The second kappa shape index (κ2) is 6.20. The predicted molar refractivity (Wildman–Crippen MR) is 88.4 cm³/mol. The van der Waals surface area contributed by atoms with Crippen LogP contribution in [0.4, 0.5) is 9.18 Å². The summed E-state index contributed by atoms with van der Waals surface area (Å²) in [4.78, 5) is 16.7. The lowest BCUT2D eigenvalue weighted by atomic mass is 10.1. The highest BCUT2D eigenvalue weighted by Gasteiger charge is 2.44. The Morgan fingerprint density at radius 3 is 2.61 bits per heavy atom. The molecule has 0 saturated carbocycles. The van der Waals surface area contributed by atoms with Crippen LogP contribution in [0.5, 0.6) is 0 Å². The van der Waals surface area contributed by atoms with Gasteiger partial charge in [0, 0.05) is 12.7 Å². The number of pyridine rings is 1. The summed E-state index contributed by atoms with van der Waals surface area (Å²) in [6, 6.07) is 0.938. The van der Waals surface area contributed by atoms with Crippen LogP contribution in [0, 0.1) is 5.82 Å². The summed E-state index contributed by atoms with van der Waals surface area (Å²) in [7, 11) is -1.99. The summed E-state index contributed by atoms with van der Waals surface area (Å²) in [5.74, 6) is -0.457. The predicted octanol–water partition coefficient (Wildman–Crippen LogP) is 4.04. The highest BCUT2D eigenvalue weighted by molar-refractivity contribution is 6.74. The van der Waals surface area contributed by atoms with Gasteiger partial charge < -0.3 is 9.53 Å². The van der Waals surface area contributed by atoms with E-state index in [1.54, 1.807) is 0 Å². The molecule has 1 aromatic rings. The molecule has 0 radical (unpaired) electrons. The van der Waals surface area contributed by atoms with Crippen LogP contribution >= 0.6 is 0 Å². The van der Waals surface area contributed by atoms with Gasteiger partial charge in [-0.3, -0.25) is 9.88 Å². The number of carboxylic acid groups (broad SMARTS) is 1. The third-order valence-corrected chi connectivity index (χ3v) is 9.42. The van der Waals surface area contributed by atoms with Crippen LogP contribution in [-0.4, -0.2) is 42.0 Å².